The second kappa shape index (κ2) is 5.27. The molecule has 0 saturated heterocycles. The number of aromatic nitrogens is 3. The van der Waals surface area contributed by atoms with Gasteiger partial charge in [-0.3, -0.25) is 0 Å². The fourth-order valence-corrected chi connectivity index (χ4v) is 2.05. The number of pyridine rings is 1. The second-order valence-electron chi connectivity index (χ2n) is 4.43. The molecule has 0 amide bonds. The molecule has 4 heteroatoms. The van der Waals surface area contributed by atoms with E-state index in [1.165, 1.54) is 6.42 Å². The standard InChI is InChI=1S/C13H20N4/c1-3-4-5-12-16-11-8-10(2)9-15-13(11)17(12)7-6-14/h8-9H,3-7,14H2,1-2H3. The molecule has 2 aromatic heterocycles. The number of rotatable bonds is 5. The molecule has 4 nitrogen and oxygen atoms in total. The molecule has 2 heterocycles. The first-order valence-electron chi connectivity index (χ1n) is 6.28. The molecule has 0 aliphatic heterocycles. The van der Waals surface area contributed by atoms with Crippen LogP contribution in [0.25, 0.3) is 11.2 Å². The van der Waals surface area contributed by atoms with Gasteiger partial charge in [-0.25, -0.2) is 9.97 Å². The summed E-state index contributed by atoms with van der Waals surface area (Å²) in [5.41, 5.74) is 8.77. The first-order valence-corrected chi connectivity index (χ1v) is 6.28. The van der Waals surface area contributed by atoms with Gasteiger partial charge in [-0.15, -0.1) is 0 Å². The average Bonchev–Trinajstić information content (AvgIpc) is 2.64. The zero-order valence-electron chi connectivity index (χ0n) is 10.6. The van der Waals surface area contributed by atoms with Crippen molar-refractivity contribution < 1.29 is 0 Å². The first kappa shape index (κ1) is 12.0. The van der Waals surface area contributed by atoms with Gasteiger partial charge in [0, 0.05) is 25.7 Å². The van der Waals surface area contributed by atoms with Crippen LogP contribution in [0.5, 0.6) is 0 Å². The lowest BCUT2D eigenvalue weighted by atomic mass is 10.2. The van der Waals surface area contributed by atoms with Crippen LogP contribution in [0.15, 0.2) is 12.3 Å². The fourth-order valence-electron chi connectivity index (χ4n) is 2.05. The minimum atomic E-state index is 0.625. The van der Waals surface area contributed by atoms with Crippen molar-refractivity contribution in [2.45, 2.75) is 39.7 Å². The number of nitrogens with zero attached hydrogens (tertiary/aromatic N) is 3. The van der Waals surface area contributed by atoms with Crippen LogP contribution < -0.4 is 5.73 Å². The summed E-state index contributed by atoms with van der Waals surface area (Å²) in [6, 6.07) is 2.09. The predicted molar refractivity (Wildman–Crippen MR) is 69.9 cm³/mol. The van der Waals surface area contributed by atoms with Crippen molar-refractivity contribution in [2.24, 2.45) is 5.73 Å². The van der Waals surface area contributed by atoms with E-state index in [1.807, 2.05) is 13.1 Å². The van der Waals surface area contributed by atoms with E-state index >= 15 is 0 Å². The molecule has 0 unspecified atom stereocenters. The maximum Gasteiger partial charge on any atom is 0.160 e. The van der Waals surface area contributed by atoms with Crippen LogP contribution in [0.2, 0.25) is 0 Å². The van der Waals surface area contributed by atoms with Crippen LogP contribution in [0.1, 0.15) is 31.2 Å². The van der Waals surface area contributed by atoms with Gasteiger partial charge < -0.3 is 10.3 Å². The van der Waals surface area contributed by atoms with Crippen molar-refractivity contribution in [1.29, 1.82) is 0 Å². The smallest absolute Gasteiger partial charge is 0.160 e. The highest BCUT2D eigenvalue weighted by atomic mass is 15.1. The van der Waals surface area contributed by atoms with Gasteiger partial charge in [-0.2, -0.15) is 0 Å². The minimum absolute atomic E-state index is 0.625. The number of imidazole rings is 1. The number of fused-ring (bicyclic) bond motifs is 1. The van der Waals surface area contributed by atoms with Gasteiger partial charge in [0.15, 0.2) is 5.65 Å². The molecule has 0 radical (unpaired) electrons. The Morgan fingerprint density at radius 2 is 2.24 bits per heavy atom. The molecule has 0 fully saturated rings. The van der Waals surface area contributed by atoms with Crippen molar-refractivity contribution in [3.63, 3.8) is 0 Å². The molecule has 0 spiro atoms. The molecule has 92 valence electrons. The van der Waals surface area contributed by atoms with Crippen molar-refractivity contribution >= 4 is 11.2 Å². The van der Waals surface area contributed by atoms with Crippen molar-refractivity contribution in [1.82, 2.24) is 14.5 Å². The molecule has 0 saturated carbocycles. The van der Waals surface area contributed by atoms with E-state index in [2.05, 4.69) is 27.5 Å². The Morgan fingerprint density at radius 3 is 2.94 bits per heavy atom. The Balaban J connectivity index is 2.45. The molecule has 2 N–H and O–H groups in total. The second-order valence-corrected chi connectivity index (χ2v) is 4.43. The summed E-state index contributed by atoms with van der Waals surface area (Å²) < 4.78 is 2.16. The maximum absolute atomic E-state index is 5.66. The summed E-state index contributed by atoms with van der Waals surface area (Å²) in [7, 11) is 0. The number of nitrogens with two attached hydrogens (primary N) is 1. The molecule has 0 atom stereocenters. The van der Waals surface area contributed by atoms with Crippen LogP contribution in [0.3, 0.4) is 0 Å². The Kier molecular flexibility index (Phi) is 3.74. The van der Waals surface area contributed by atoms with Crippen molar-refractivity contribution in [2.75, 3.05) is 6.54 Å². The molecule has 17 heavy (non-hydrogen) atoms. The lowest BCUT2D eigenvalue weighted by Crippen LogP contribution is -2.13. The van der Waals surface area contributed by atoms with Crippen LogP contribution in [-0.4, -0.2) is 21.1 Å². The zero-order valence-corrected chi connectivity index (χ0v) is 10.6. The average molecular weight is 232 g/mol. The molecule has 0 bridgehead atoms. The van der Waals surface area contributed by atoms with E-state index in [0.29, 0.717) is 6.54 Å². The van der Waals surface area contributed by atoms with Gasteiger partial charge in [0.1, 0.15) is 11.3 Å². The van der Waals surface area contributed by atoms with Gasteiger partial charge >= 0.3 is 0 Å². The fraction of sp³-hybridized carbons (Fsp3) is 0.538. The van der Waals surface area contributed by atoms with Crippen molar-refractivity contribution in [3.8, 4) is 0 Å². The van der Waals surface area contributed by atoms with Crippen LogP contribution >= 0.6 is 0 Å². The quantitative estimate of drug-likeness (QED) is 0.858. The van der Waals surface area contributed by atoms with Gasteiger partial charge in [0.05, 0.1) is 0 Å². The molecule has 0 aliphatic rings. The number of hydrogen-bond acceptors (Lipinski definition) is 3. The van der Waals surface area contributed by atoms with E-state index in [4.69, 9.17) is 5.73 Å². The van der Waals surface area contributed by atoms with Gasteiger partial charge in [-0.1, -0.05) is 13.3 Å². The number of unbranched alkanes of at least 4 members (excludes halogenated alkanes) is 1. The number of aryl methyl sites for hydroxylation is 2. The predicted octanol–water partition coefficient (Wildman–Crippen LogP) is 2.04. The molecular weight excluding hydrogens is 212 g/mol. The Bertz CT molecular complexity index is 501. The molecular formula is C13H20N4. The SMILES string of the molecule is CCCCc1nc2cc(C)cnc2n1CCN. The van der Waals surface area contributed by atoms with Crippen LogP contribution in [0, 0.1) is 6.92 Å². The highest BCUT2D eigenvalue weighted by Crippen LogP contribution is 2.16. The Morgan fingerprint density at radius 1 is 1.41 bits per heavy atom. The summed E-state index contributed by atoms with van der Waals surface area (Å²) in [5, 5.41) is 0. The molecule has 0 aromatic carbocycles. The number of hydrogen-bond donors (Lipinski definition) is 1. The Labute approximate surface area is 102 Å². The zero-order chi connectivity index (χ0) is 12.3. The summed E-state index contributed by atoms with van der Waals surface area (Å²) in [6.07, 6.45) is 5.23. The van der Waals surface area contributed by atoms with Crippen LogP contribution in [0.4, 0.5) is 0 Å². The Hall–Kier alpha value is -1.42. The third kappa shape index (κ3) is 2.47. The van der Waals surface area contributed by atoms with Crippen molar-refractivity contribution in [3.05, 3.63) is 23.7 Å². The molecule has 0 aliphatic carbocycles. The summed E-state index contributed by atoms with van der Waals surface area (Å²) in [5.74, 6) is 1.12. The first-order chi connectivity index (χ1) is 8.26. The normalized spacial score (nSPS) is 11.2. The van der Waals surface area contributed by atoms with E-state index in [9.17, 15) is 0 Å². The van der Waals surface area contributed by atoms with E-state index in [-0.39, 0.29) is 0 Å². The molecule has 2 rings (SSSR count). The summed E-state index contributed by atoms with van der Waals surface area (Å²) in [6.45, 7) is 5.66. The maximum atomic E-state index is 5.66. The van der Waals surface area contributed by atoms with E-state index in [1.54, 1.807) is 0 Å². The van der Waals surface area contributed by atoms with Gasteiger partial charge in [0.25, 0.3) is 0 Å². The lowest BCUT2D eigenvalue weighted by molar-refractivity contribution is 0.647. The highest BCUT2D eigenvalue weighted by Gasteiger charge is 2.10. The summed E-state index contributed by atoms with van der Waals surface area (Å²) >= 11 is 0. The minimum Gasteiger partial charge on any atom is -0.329 e. The largest absolute Gasteiger partial charge is 0.329 e. The van der Waals surface area contributed by atoms with Gasteiger partial charge in [-0.05, 0) is 25.0 Å². The monoisotopic (exact) mass is 232 g/mol. The van der Waals surface area contributed by atoms with E-state index < -0.39 is 0 Å². The highest BCUT2D eigenvalue weighted by molar-refractivity contribution is 5.72. The van der Waals surface area contributed by atoms with Crippen LogP contribution in [-0.2, 0) is 13.0 Å². The lowest BCUT2D eigenvalue weighted by Gasteiger charge is -2.06. The van der Waals surface area contributed by atoms with E-state index in [0.717, 1.165) is 41.9 Å². The third-order valence-electron chi connectivity index (χ3n) is 2.91. The van der Waals surface area contributed by atoms with Gasteiger partial charge in [0.2, 0.25) is 0 Å². The summed E-state index contributed by atoms with van der Waals surface area (Å²) in [4.78, 5) is 9.15. The molecule has 2 aromatic rings. The topological polar surface area (TPSA) is 56.7 Å². The third-order valence-corrected chi connectivity index (χ3v) is 2.91.